The van der Waals surface area contributed by atoms with Gasteiger partial charge in [-0.2, -0.15) is 5.10 Å². The summed E-state index contributed by atoms with van der Waals surface area (Å²) in [5, 5.41) is 6.89. The molecule has 8 heteroatoms. The lowest BCUT2D eigenvalue weighted by Crippen LogP contribution is -2.15. The first-order valence-electron chi connectivity index (χ1n) is 5.40. The Morgan fingerprint density at radius 3 is 2.63 bits per heavy atom. The molecular formula is C11H13ClN4O2S. The van der Waals surface area contributed by atoms with Gasteiger partial charge in [0.25, 0.3) is 10.0 Å². The molecular weight excluding hydrogens is 288 g/mol. The van der Waals surface area contributed by atoms with E-state index in [9.17, 15) is 8.42 Å². The highest BCUT2D eigenvalue weighted by molar-refractivity contribution is 7.92. The van der Waals surface area contributed by atoms with Gasteiger partial charge in [-0.25, -0.2) is 8.42 Å². The van der Waals surface area contributed by atoms with Crippen molar-refractivity contribution < 1.29 is 8.42 Å². The van der Waals surface area contributed by atoms with Gasteiger partial charge in [-0.3, -0.25) is 9.82 Å². The topological polar surface area (TPSA) is 101 Å². The van der Waals surface area contributed by atoms with Crippen molar-refractivity contribution in [2.75, 3.05) is 10.5 Å². The van der Waals surface area contributed by atoms with Crippen LogP contribution in [0.1, 0.15) is 11.4 Å². The van der Waals surface area contributed by atoms with Gasteiger partial charge in [-0.1, -0.05) is 11.6 Å². The van der Waals surface area contributed by atoms with Crippen LogP contribution in [0.5, 0.6) is 0 Å². The van der Waals surface area contributed by atoms with Crippen molar-refractivity contribution in [3.8, 4) is 0 Å². The van der Waals surface area contributed by atoms with E-state index in [0.29, 0.717) is 22.1 Å². The van der Waals surface area contributed by atoms with E-state index in [1.807, 2.05) is 0 Å². The molecule has 0 unspecified atom stereocenters. The Balaban J connectivity index is 2.45. The third-order valence-electron chi connectivity index (χ3n) is 2.59. The second-order valence-corrected chi connectivity index (χ2v) is 6.16. The van der Waals surface area contributed by atoms with Crippen LogP contribution >= 0.6 is 11.6 Å². The predicted octanol–water partition coefficient (Wildman–Crippen LogP) is 2.06. The number of rotatable bonds is 3. The number of halogens is 1. The molecule has 0 aliphatic rings. The van der Waals surface area contributed by atoms with Gasteiger partial charge in [0.15, 0.2) is 0 Å². The van der Waals surface area contributed by atoms with Crippen LogP contribution in [0.4, 0.5) is 11.4 Å². The van der Waals surface area contributed by atoms with Gasteiger partial charge < -0.3 is 5.73 Å². The summed E-state index contributed by atoms with van der Waals surface area (Å²) in [5.74, 6) is 0. The first-order chi connectivity index (χ1) is 8.81. The Morgan fingerprint density at radius 1 is 1.37 bits per heavy atom. The maximum Gasteiger partial charge on any atom is 0.265 e. The minimum Gasteiger partial charge on any atom is -0.397 e. The van der Waals surface area contributed by atoms with Crippen LogP contribution in [-0.4, -0.2) is 18.6 Å². The molecule has 0 aliphatic heterocycles. The molecule has 102 valence electrons. The van der Waals surface area contributed by atoms with Crippen molar-refractivity contribution in [3.05, 3.63) is 34.6 Å². The van der Waals surface area contributed by atoms with Crippen LogP contribution in [-0.2, 0) is 10.0 Å². The molecule has 6 nitrogen and oxygen atoms in total. The summed E-state index contributed by atoms with van der Waals surface area (Å²) in [5.41, 5.74) is 7.12. The first-order valence-corrected chi connectivity index (χ1v) is 7.27. The summed E-state index contributed by atoms with van der Waals surface area (Å²) in [6.45, 7) is 3.25. The van der Waals surface area contributed by atoms with E-state index in [0.717, 1.165) is 0 Å². The summed E-state index contributed by atoms with van der Waals surface area (Å²) in [6.07, 6.45) is 0. The smallest absolute Gasteiger partial charge is 0.265 e. The number of anilines is 2. The minimum atomic E-state index is -3.75. The summed E-state index contributed by atoms with van der Waals surface area (Å²) in [4.78, 5) is 0.117. The average molecular weight is 301 g/mol. The van der Waals surface area contributed by atoms with Gasteiger partial charge in [0.2, 0.25) is 0 Å². The number of aryl methyl sites for hydroxylation is 2. The zero-order chi connectivity index (χ0) is 14.2. The second kappa shape index (κ2) is 4.75. The number of H-pyrrole nitrogens is 1. The van der Waals surface area contributed by atoms with Crippen molar-refractivity contribution in [1.29, 1.82) is 0 Å². The molecule has 0 radical (unpaired) electrons. The van der Waals surface area contributed by atoms with Gasteiger partial charge in [-0.15, -0.1) is 0 Å². The molecule has 19 heavy (non-hydrogen) atoms. The van der Waals surface area contributed by atoms with E-state index < -0.39 is 10.0 Å². The summed E-state index contributed by atoms with van der Waals surface area (Å²) < 4.78 is 27.0. The Hall–Kier alpha value is -1.73. The van der Waals surface area contributed by atoms with Crippen molar-refractivity contribution in [3.63, 3.8) is 0 Å². The maximum absolute atomic E-state index is 12.3. The van der Waals surface area contributed by atoms with Crippen LogP contribution in [0.25, 0.3) is 0 Å². The zero-order valence-corrected chi connectivity index (χ0v) is 11.9. The minimum absolute atomic E-state index is 0.117. The highest BCUT2D eigenvalue weighted by Crippen LogP contribution is 2.27. The molecule has 1 heterocycles. The van der Waals surface area contributed by atoms with Crippen LogP contribution in [0, 0.1) is 13.8 Å². The third kappa shape index (κ3) is 2.66. The normalized spacial score (nSPS) is 11.5. The molecule has 0 saturated carbocycles. The van der Waals surface area contributed by atoms with Crippen LogP contribution in [0.15, 0.2) is 23.1 Å². The number of nitrogens with one attached hydrogen (secondary N) is 2. The Morgan fingerprint density at radius 2 is 2.05 bits per heavy atom. The van der Waals surface area contributed by atoms with Crippen molar-refractivity contribution in [2.24, 2.45) is 0 Å². The monoisotopic (exact) mass is 300 g/mol. The van der Waals surface area contributed by atoms with E-state index in [4.69, 9.17) is 17.3 Å². The molecule has 4 N–H and O–H groups in total. The van der Waals surface area contributed by atoms with Gasteiger partial charge in [0.1, 0.15) is 4.90 Å². The number of hydrogen-bond acceptors (Lipinski definition) is 4. The molecule has 0 amide bonds. The molecule has 2 rings (SSSR count). The van der Waals surface area contributed by atoms with Crippen LogP contribution in [0.2, 0.25) is 5.02 Å². The maximum atomic E-state index is 12.3. The third-order valence-corrected chi connectivity index (χ3v) is 4.45. The predicted molar refractivity (Wildman–Crippen MR) is 74.7 cm³/mol. The lowest BCUT2D eigenvalue weighted by Gasteiger charge is -2.10. The molecule has 0 atom stereocenters. The van der Waals surface area contributed by atoms with Crippen molar-refractivity contribution >= 4 is 33.0 Å². The average Bonchev–Trinajstić information content (AvgIpc) is 2.64. The molecule has 2 aromatic rings. The van der Waals surface area contributed by atoms with Crippen molar-refractivity contribution in [1.82, 2.24) is 10.2 Å². The Bertz CT molecular complexity index is 705. The van der Waals surface area contributed by atoms with Gasteiger partial charge in [0, 0.05) is 5.02 Å². The van der Waals surface area contributed by atoms with E-state index >= 15 is 0 Å². The lowest BCUT2D eigenvalue weighted by molar-refractivity contribution is 0.600. The van der Waals surface area contributed by atoms with Crippen molar-refractivity contribution in [2.45, 2.75) is 18.7 Å². The summed E-state index contributed by atoms with van der Waals surface area (Å²) in [6, 6.07) is 4.58. The molecule has 0 aliphatic carbocycles. The standard InChI is InChI=1S/C11H13ClN4O2S/c1-6-11(7(2)15-14-6)19(17,18)16-10-5-8(12)3-4-9(10)13/h3-5,16H,13H2,1-2H3,(H,14,15). The van der Waals surface area contributed by atoms with E-state index in [1.54, 1.807) is 19.9 Å². The van der Waals surface area contributed by atoms with Gasteiger partial charge in [0.05, 0.1) is 22.8 Å². The summed E-state index contributed by atoms with van der Waals surface area (Å²) in [7, 11) is -3.75. The SMILES string of the molecule is Cc1n[nH]c(C)c1S(=O)(=O)Nc1cc(Cl)ccc1N. The molecule has 0 saturated heterocycles. The highest BCUT2D eigenvalue weighted by Gasteiger charge is 2.23. The van der Waals surface area contributed by atoms with Crippen LogP contribution in [0.3, 0.4) is 0 Å². The number of sulfonamides is 1. The number of aromatic nitrogens is 2. The largest absolute Gasteiger partial charge is 0.397 e. The number of nitrogen functional groups attached to an aromatic ring is 1. The number of nitrogens with two attached hydrogens (primary N) is 1. The zero-order valence-electron chi connectivity index (χ0n) is 10.4. The Labute approximate surface area is 116 Å². The fourth-order valence-electron chi connectivity index (χ4n) is 1.75. The number of benzene rings is 1. The molecule has 1 aromatic carbocycles. The number of aromatic amines is 1. The Kier molecular flexibility index (Phi) is 3.42. The molecule has 0 spiro atoms. The molecule has 0 fully saturated rings. The number of hydrogen-bond donors (Lipinski definition) is 3. The molecule has 0 bridgehead atoms. The first kappa shape index (κ1) is 13.7. The number of nitrogens with zero attached hydrogens (tertiary/aromatic N) is 1. The van der Waals surface area contributed by atoms with Gasteiger partial charge in [-0.05, 0) is 32.0 Å². The van der Waals surface area contributed by atoms with Crippen LogP contribution < -0.4 is 10.5 Å². The second-order valence-electron chi connectivity index (χ2n) is 4.10. The highest BCUT2D eigenvalue weighted by atomic mass is 35.5. The van der Waals surface area contributed by atoms with E-state index in [-0.39, 0.29) is 10.6 Å². The molecule has 1 aromatic heterocycles. The van der Waals surface area contributed by atoms with E-state index in [1.165, 1.54) is 12.1 Å². The lowest BCUT2D eigenvalue weighted by atomic mass is 10.3. The summed E-state index contributed by atoms with van der Waals surface area (Å²) >= 11 is 5.82. The van der Waals surface area contributed by atoms with Gasteiger partial charge >= 0.3 is 0 Å². The fourth-order valence-corrected chi connectivity index (χ4v) is 3.37. The van der Waals surface area contributed by atoms with E-state index in [2.05, 4.69) is 14.9 Å². The fraction of sp³-hybridized carbons (Fsp3) is 0.182. The quantitative estimate of drug-likeness (QED) is 0.755.